The lowest BCUT2D eigenvalue weighted by Gasteiger charge is -2.28. The van der Waals surface area contributed by atoms with E-state index in [1.165, 1.54) is 25.3 Å². The molecule has 0 amide bonds. The van der Waals surface area contributed by atoms with E-state index < -0.39 is 23.7 Å². The van der Waals surface area contributed by atoms with Crippen molar-refractivity contribution >= 4 is 23.3 Å². The molecule has 0 fully saturated rings. The molecule has 156 valence electrons. The maximum Gasteiger partial charge on any atom is 0.336 e. The Balaban J connectivity index is 2.54. The third-order valence-corrected chi connectivity index (χ3v) is 5.03. The van der Waals surface area contributed by atoms with Gasteiger partial charge in [-0.05, 0) is 36.5 Å². The Morgan fingerprint density at radius 2 is 2.07 bits per heavy atom. The zero-order chi connectivity index (χ0) is 21.8. The zero-order valence-corrected chi connectivity index (χ0v) is 18.1. The van der Waals surface area contributed by atoms with Gasteiger partial charge in [0.15, 0.2) is 0 Å². The van der Waals surface area contributed by atoms with Crippen LogP contribution >= 0.6 is 11.6 Å². The van der Waals surface area contributed by atoms with Crippen LogP contribution in [-0.2, 0) is 14.3 Å². The summed E-state index contributed by atoms with van der Waals surface area (Å²) in [5.74, 6) is -1.77. The highest BCUT2D eigenvalue weighted by Gasteiger charge is 2.43. The number of rotatable bonds is 6. The van der Waals surface area contributed by atoms with Crippen molar-refractivity contribution in [2.24, 2.45) is 10.4 Å². The lowest BCUT2D eigenvalue weighted by atomic mass is 9.80. The fraction of sp³-hybridized carbons (Fsp3) is 0.500. The van der Waals surface area contributed by atoms with Crippen molar-refractivity contribution in [1.29, 1.82) is 0 Å². The van der Waals surface area contributed by atoms with E-state index in [0.717, 1.165) is 0 Å². The highest BCUT2D eigenvalue weighted by molar-refractivity contribution is 6.31. The number of carbonyl (C=O) groups is 1. The van der Waals surface area contributed by atoms with Gasteiger partial charge in [0.25, 0.3) is 6.04 Å². The van der Waals surface area contributed by atoms with Gasteiger partial charge in [-0.3, -0.25) is 4.99 Å². The molecule has 1 aliphatic heterocycles. The molecule has 0 aliphatic carbocycles. The normalized spacial score (nSPS) is 19.6. The second kappa shape index (κ2) is 9.51. The Morgan fingerprint density at radius 3 is 2.62 bits per heavy atom. The molecule has 1 aromatic carbocycles. The van der Waals surface area contributed by atoms with Gasteiger partial charge < -0.3 is 14.3 Å². The maximum absolute atomic E-state index is 13.6. The summed E-state index contributed by atoms with van der Waals surface area (Å²) in [5, 5.41) is 0.148. The zero-order valence-electron chi connectivity index (χ0n) is 17.4. The molecule has 0 aromatic heterocycles. The highest BCUT2D eigenvalue weighted by atomic mass is 35.5. The number of hydrogen-bond acceptors (Lipinski definition) is 4. The molecule has 1 aromatic rings. The largest absolute Gasteiger partial charge is 0.462 e. The van der Waals surface area contributed by atoms with Crippen LogP contribution in [0.2, 0.25) is 5.02 Å². The van der Waals surface area contributed by atoms with Gasteiger partial charge >= 0.3 is 5.97 Å². The summed E-state index contributed by atoms with van der Waals surface area (Å²) in [5.41, 5.74) is 1.67. The minimum absolute atomic E-state index is 0.00401. The molecule has 0 spiro atoms. The molecule has 0 bridgehead atoms. The summed E-state index contributed by atoms with van der Waals surface area (Å²) in [7, 11) is 1.50. The second-order valence-corrected chi connectivity index (χ2v) is 8.62. The van der Waals surface area contributed by atoms with Gasteiger partial charge in [-0.1, -0.05) is 38.4 Å². The first-order valence-corrected chi connectivity index (χ1v) is 9.72. The quantitative estimate of drug-likeness (QED) is 0.469. The van der Waals surface area contributed by atoms with Crippen molar-refractivity contribution < 1.29 is 18.7 Å². The van der Waals surface area contributed by atoms with Crippen LogP contribution in [0, 0.1) is 17.8 Å². The van der Waals surface area contributed by atoms with Gasteiger partial charge in [0.1, 0.15) is 11.7 Å². The molecule has 0 saturated heterocycles. The number of ether oxygens (including phenoxy) is 2. The minimum atomic E-state index is -0.747. The van der Waals surface area contributed by atoms with E-state index in [2.05, 4.69) is 30.6 Å². The number of halogens is 2. The van der Waals surface area contributed by atoms with Crippen LogP contribution in [0.4, 0.5) is 4.39 Å². The topological polar surface area (TPSA) is 52.2 Å². The highest BCUT2D eigenvalue weighted by Crippen LogP contribution is 2.40. The Morgan fingerprint density at radius 1 is 1.38 bits per heavy atom. The Labute approximate surface area is 176 Å². The third kappa shape index (κ3) is 5.65. The van der Waals surface area contributed by atoms with Gasteiger partial charge in [-0.25, -0.2) is 15.8 Å². The van der Waals surface area contributed by atoms with Crippen LogP contribution in [-0.4, -0.2) is 38.0 Å². The van der Waals surface area contributed by atoms with Crippen molar-refractivity contribution in [2.75, 3.05) is 20.3 Å². The van der Waals surface area contributed by atoms with Gasteiger partial charge in [-0.15, -0.1) is 0 Å². The molecule has 2 unspecified atom stereocenters. The van der Waals surface area contributed by atoms with E-state index in [9.17, 15) is 9.18 Å². The fourth-order valence-electron chi connectivity index (χ4n) is 3.18. The maximum atomic E-state index is 13.6. The number of methoxy groups -OCH3 is 1. The molecule has 7 heteroatoms. The standard InChI is InChI=1S/C22H26ClFN2O3/c1-13-20(25-5)18(15-8-7-14(24)11-16(15)23)19(17(26-13)12-28-6)21(27)29-10-9-22(2,3)4/h7-8,11,18,20H,9-10,12H2,1-4,6H3. The molecular formula is C22H26ClFN2O3. The van der Waals surface area contributed by atoms with Gasteiger partial charge in [0.05, 0.1) is 30.2 Å². The van der Waals surface area contributed by atoms with E-state index >= 15 is 0 Å². The van der Waals surface area contributed by atoms with Gasteiger partial charge in [0, 0.05) is 12.1 Å². The predicted octanol–water partition coefficient (Wildman–Crippen LogP) is 5.20. The van der Waals surface area contributed by atoms with Crippen molar-refractivity contribution in [3.63, 3.8) is 0 Å². The summed E-state index contributed by atoms with van der Waals surface area (Å²) in [6.07, 6.45) is 0.683. The smallest absolute Gasteiger partial charge is 0.336 e. The average Bonchev–Trinajstić information content (AvgIpc) is 2.60. The van der Waals surface area contributed by atoms with Gasteiger partial charge in [0.2, 0.25) is 0 Å². The molecule has 2 rings (SSSR count). The van der Waals surface area contributed by atoms with E-state index in [1.54, 1.807) is 6.92 Å². The number of nitrogens with zero attached hydrogens (tertiary/aromatic N) is 2. The van der Waals surface area contributed by atoms with Crippen LogP contribution in [0.15, 0.2) is 34.5 Å². The van der Waals surface area contributed by atoms with Crippen LogP contribution in [0.1, 0.15) is 45.6 Å². The second-order valence-electron chi connectivity index (χ2n) is 8.21. The number of aliphatic imine (C=N–C) groups is 1. The van der Waals surface area contributed by atoms with E-state index in [4.69, 9.17) is 27.6 Å². The van der Waals surface area contributed by atoms with Crippen LogP contribution in [0.25, 0.3) is 4.85 Å². The summed E-state index contributed by atoms with van der Waals surface area (Å²) in [4.78, 5) is 21.2. The van der Waals surface area contributed by atoms with Crippen LogP contribution in [0.3, 0.4) is 0 Å². The first kappa shape index (κ1) is 23.1. The van der Waals surface area contributed by atoms with Crippen molar-refractivity contribution in [3.05, 3.63) is 57.3 Å². The molecule has 0 saturated carbocycles. The monoisotopic (exact) mass is 420 g/mol. The van der Waals surface area contributed by atoms with Crippen molar-refractivity contribution in [2.45, 2.75) is 46.1 Å². The number of benzene rings is 1. The molecule has 0 N–H and O–H groups in total. The summed E-state index contributed by atoms with van der Waals surface area (Å²) < 4.78 is 24.4. The van der Waals surface area contributed by atoms with Crippen LogP contribution < -0.4 is 0 Å². The van der Waals surface area contributed by atoms with Crippen molar-refractivity contribution in [1.82, 2.24) is 0 Å². The van der Waals surface area contributed by atoms with E-state index in [0.29, 0.717) is 23.4 Å². The molecule has 1 aliphatic rings. The Hall–Kier alpha value is -2.23. The predicted molar refractivity (Wildman–Crippen MR) is 112 cm³/mol. The third-order valence-electron chi connectivity index (χ3n) is 4.70. The molecule has 0 radical (unpaired) electrons. The van der Waals surface area contributed by atoms with E-state index in [1.807, 2.05) is 0 Å². The average molecular weight is 421 g/mol. The first-order valence-electron chi connectivity index (χ1n) is 9.35. The fourth-order valence-corrected chi connectivity index (χ4v) is 3.47. The number of hydrogen-bond donors (Lipinski definition) is 0. The SMILES string of the molecule is [C-]#[N+]C1C(C)=NC(COC)=C(C(=O)OCCC(C)(C)C)C1c1ccc(F)cc1Cl. The van der Waals surface area contributed by atoms with Gasteiger partial charge in [-0.2, -0.15) is 0 Å². The first-order chi connectivity index (χ1) is 13.6. The molecule has 2 atom stereocenters. The summed E-state index contributed by atoms with van der Waals surface area (Å²) >= 11 is 6.30. The molecular weight excluding hydrogens is 395 g/mol. The minimum Gasteiger partial charge on any atom is -0.462 e. The number of esters is 1. The molecule has 29 heavy (non-hydrogen) atoms. The molecule has 1 heterocycles. The number of carbonyl (C=O) groups excluding carboxylic acids is 1. The Kier molecular flexibility index (Phi) is 7.56. The lowest BCUT2D eigenvalue weighted by Crippen LogP contribution is -2.34. The Bertz CT molecular complexity index is 881. The lowest BCUT2D eigenvalue weighted by molar-refractivity contribution is -0.140. The van der Waals surface area contributed by atoms with Crippen LogP contribution in [0.5, 0.6) is 0 Å². The van der Waals surface area contributed by atoms with E-state index in [-0.39, 0.29) is 29.2 Å². The summed E-state index contributed by atoms with van der Waals surface area (Å²) in [6, 6.07) is 3.20. The van der Waals surface area contributed by atoms with Crippen molar-refractivity contribution in [3.8, 4) is 0 Å². The molecule has 5 nitrogen and oxygen atoms in total. The summed E-state index contributed by atoms with van der Waals surface area (Å²) in [6.45, 7) is 15.9.